The maximum Gasteiger partial charge on any atom is 0.354 e. The minimum Gasteiger partial charge on any atom is -0.477 e. The second kappa shape index (κ2) is 3.79. The van der Waals surface area contributed by atoms with Crippen molar-refractivity contribution < 1.29 is 9.90 Å². The highest BCUT2D eigenvalue weighted by atomic mass is 16.4. The van der Waals surface area contributed by atoms with Crippen LogP contribution >= 0.6 is 0 Å². The Kier molecular flexibility index (Phi) is 2.49. The van der Waals surface area contributed by atoms with Crippen molar-refractivity contribution in [3.05, 3.63) is 17.5 Å². The van der Waals surface area contributed by atoms with Crippen LogP contribution in [0.2, 0.25) is 0 Å². The third kappa shape index (κ3) is 1.63. The van der Waals surface area contributed by atoms with E-state index >= 15 is 0 Å². The molecule has 0 radical (unpaired) electrons. The van der Waals surface area contributed by atoms with Crippen LogP contribution in [0.25, 0.3) is 0 Å². The standard InChI is InChI=1S/C9H13N3O2/c13-9(14)8-7(5-11-12-8)6-1-3-10-4-2-6/h5-6,10H,1-4H2,(H,11,12)(H,13,14). The van der Waals surface area contributed by atoms with Gasteiger partial charge in [-0.3, -0.25) is 5.10 Å². The highest BCUT2D eigenvalue weighted by molar-refractivity contribution is 5.87. The van der Waals surface area contributed by atoms with Crippen molar-refractivity contribution in [2.45, 2.75) is 18.8 Å². The molecule has 0 aliphatic carbocycles. The average molecular weight is 195 g/mol. The molecule has 0 spiro atoms. The minimum atomic E-state index is -0.920. The van der Waals surface area contributed by atoms with Crippen LogP contribution in [0.5, 0.6) is 0 Å². The number of aromatic carboxylic acids is 1. The van der Waals surface area contributed by atoms with E-state index in [1.807, 2.05) is 0 Å². The SMILES string of the molecule is O=C(O)c1[nH]ncc1C1CCNCC1. The minimum absolute atomic E-state index is 0.247. The van der Waals surface area contributed by atoms with E-state index in [4.69, 9.17) is 5.11 Å². The van der Waals surface area contributed by atoms with Crippen molar-refractivity contribution in [3.63, 3.8) is 0 Å². The zero-order chi connectivity index (χ0) is 9.97. The number of aromatic nitrogens is 2. The Hall–Kier alpha value is -1.36. The van der Waals surface area contributed by atoms with Crippen molar-refractivity contribution in [1.82, 2.24) is 15.5 Å². The summed E-state index contributed by atoms with van der Waals surface area (Å²) in [7, 11) is 0. The van der Waals surface area contributed by atoms with Crippen molar-refractivity contribution in [3.8, 4) is 0 Å². The van der Waals surface area contributed by atoms with Gasteiger partial charge in [0.05, 0.1) is 6.20 Å². The van der Waals surface area contributed by atoms with Crippen molar-refractivity contribution in [2.75, 3.05) is 13.1 Å². The molecule has 3 N–H and O–H groups in total. The number of nitrogens with one attached hydrogen (secondary N) is 2. The van der Waals surface area contributed by atoms with Crippen molar-refractivity contribution >= 4 is 5.97 Å². The van der Waals surface area contributed by atoms with E-state index in [-0.39, 0.29) is 5.69 Å². The second-order valence-electron chi connectivity index (χ2n) is 3.53. The predicted octanol–water partition coefficient (Wildman–Crippen LogP) is 0.575. The zero-order valence-electron chi connectivity index (χ0n) is 7.79. The smallest absolute Gasteiger partial charge is 0.354 e. The largest absolute Gasteiger partial charge is 0.477 e. The molecule has 2 rings (SSSR count). The van der Waals surface area contributed by atoms with Gasteiger partial charge in [-0.1, -0.05) is 0 Å². The first kappa shape index (κ1) is 9.21. The molecule has 76 valence electrons. The third-order valence-electron chi connectivity index (χ3n) is 2.66. The molecule has 1 aliphatic heterocycles. The van der Waals surface area contributed by atoms with E-state index in [1.165, 1.54) is 0 Å². The zero-order valence-corrected chi connectivity index (χ0v) is 7.79. The van der Waals surface area contributed by atoms with Gasteiger partial charge in [0, 0.05) is 5.56 Å². The maximum absolute atomic E-state index is 10.8. The molecule has 1 fully saturated rings. The van der Waals surface area contributed by atoms with Crippen LogP contribution in [0.1, 0.15) is 34.8 Å². The fourth-order valence-electron chi connectivity index (χ4n) is 1.91. The molecule has 1 aromatic heterocycles. The first-order valence-corrected chi connectivity index (χ1v) is 4.76. The highest BCUT2D eigenvalue weighted by Gasteiger charge is 2.22. The van der Waals surface area contributed by atoms with Crippen LogP contribution in [0.15, 0.2) is 6.20 Å². The van der Waals surface area contributed by atoms with Crippen LogP contribution in [0.3, 0.4) is 0 Å². The van der Waals surface area contributed by atoms with Gasteiger partial charge in [0.2, 0.25) is 0 Å². The number of H-pyrrole nitrogens is 1. The van der Waals surface area contributed by atoms with E-state index in [9.17, 15) is 4.79 Å². The number of carboxylic acids is 1. The monoisotopic (exact) mass is 195 g/mol. The Morgan fingerprint density at radius 1 is 1.50 bits per heavy atom. The fourth-order valence-corrected chi connectivity index (χ4v) is 1.91. The lowest BCUT2D eigenvalue weighted by Gasteiger charge is -2.21. The summed E-state index contributed by atoms with van der Waals surface area (Å²) in [6.45, 7) is 1.91. The van der Waals surface area contributed by atoms with Crippen LogP contribution in [-0.2, 0) is 0 Å². The summed E-state index contributed by atoms with van der Waals surface area (Å²) in [5, 5.41) is 18.5. The number of carboxylic acid groups (broad SMARTS) is 1. The van der Waals surface area contributed by atoms with Gasteiger partial charge >= 0.3 is 5.97 Å². The Morgan fingerprint density at radius 3 is 2.86 bits per heavy atom. The van der Waals surface area contributed by atoms with Crippen LogP contribution in [0, 0.1) is 0 Å². The number of carbonyl (C=O) groups is 1. The quantitative estimate of drug-likeness (QED) is 0.645. The number of nitrogens with zero attached hydrogens (tertiary/aromatic N) is 1. The third-order valence-corrected chi connectivity index (χ3v) is 2.66. The second-order valence-corrected chi connectivity index (χ2v) is 3.53. The van der Waals surface area contributed by atoms with E-state index in [0.29, 0.717) is 5.92 Å². The lowest BCUT2D eigenvalue weighted by atomic mass is 9.90. The molecule has 0 bridgehead atoms. The Bertz CT molecular complexity index is 329. The number of hydrogen-bond donors (Lipinski definition) is 3. The molecular formula is C9H13N3O2. The molecule has 5 heteroatoms. The Labute approximate surface area is 81.5 Å². The molecule has 0 saturated carbocycles. The summed E-state index contributed by atoms with van der Waals surface area (Å²) in [6.07, 6.45) is 3.61. The molecule has 14 heavy (non-hydrogen) atoms. The van der Waals surface area contributed by atoms with Gasteiger partial charge in [-0.25, -0.2) is 4.79 Å². The molecule has 0 aromatic carbocycles. The molecule has 1 aliphatic rings. The molecule has 2 heterocycles. The normalized spacial score (nSPS) is 18.3. The lowest BCUT2D eigenvalue weighted by Crippen LogP contribution is -2.27. The van der Waals surface area contributed by atoms with Gasteiger partial charge < -0.3 is 10.4 Å². The first-order valence-electron chi connectivity index (χ1n) is 4.76. The summed E-state index contributed by atoms with van der Waals surface area (Å²) in [5.74, 6) is -0.586. The number of piperidine rings is 1. The van der Waals surface area contributed by atoms with E-state index in [0.717, 1.165) is 31.5 Å². The summed E-state index contributed by atoms with van der Waals surface area (Å²) in [5.41, 5.74) is 1.09. The number of rotatable bonds is 2. The topological polar surface area (TPSA) is 78.0 Å². The predicted molar refractivity (Wildman–Crippen MR) is 50.4 cm³/mol. The average Bonchev–Trinajstić information content (AvgIpc) is 2.67. The fraction of sp³-hybridized carbons (Fsp3) is 0.556. The summed E-state index contributed by atoms with van der Waals surface area (Å²) in [6, 6.07) is 0. The van der Waals surface area contributed by atoms with E-state index < -0.39 is 5.97 Å². The Balaban J connectivity index is 2.21. The van der Waals surface area contributed by atoms with Gasteiger partial charge in [0.1, 0.15) is 5.69 Å². The van der Waals surface area contributed by atoms with Gasteiger partial charge in [0.25, 0.3) is 0 Å². The van der Waals surface area contributed by atoms with Crippen molar-refractivity contribution in [1.29, 1.82) is 0 Å². The van der Waals surface area contributed by atoms with Gasteiger partial charge in [-0.05, 0) is 31.8 Å². The molecule has 0 atom stereocenters. The van der Waals surface area contributed by atoms with Crippen LogP contribution < -0.4 is 5.32 Å². The molecular weight excluding hydrogens is 182 g/mol. The van der Waals surface area contributed by atoms with E-state index in [1.54, 1.807) is 6.20 Å². The van der Waals surface area contributed by atoms with E-state index in [2.05, 4.69) is 15.5 Å². The number of hydrogen-bond acceptors (Lipinski definition) is 3. The van der Waals surface area contributed by atoms with Gasteiger partial charge in [-0.15, -0.1) is 0 Å². The van der Waals surface area contributed by atoms with Gasteiger partial charge in [-0.2, -0.15) is 5.10 Å². The first-order chi connectivity index (χ1) is 6.79. The van der Waals surface area contributed by atoms with Crippen molar-refractivity contribution in [2.24, 2.45) is 0 Å². The summed E-state index contributed by atoms with van der Waals surface area (Å²) in [4.78, 5) is 10.8. The molecule has 1 aromatic rings. The molecule has 0 unspecified atom stereocenters. The summed E-state index contributed by atoms with van der Waals surface area (Å²) >= 11 is 0. The molecule has 0 amide bonds. The lowest BCUT2D eigenvalue weighted by molar-refractivity contribution is 0.0688. The Morgan fingerprint density at radius 2 is 2.21 bits per heavy atom. The van der Waals surface area contributed by atoms with Crippen LogP contribution in [0.4, 0.5) is 0 Å². The maximum atomic E-state index is 10.8. The molecule has 1 saturated heterocycles. The van der Waals surface area contributed by atoms with Crippen LogP contribution in [-0.4, -0.2) is 34.4 Å². The summed E-state index contributed by atoms with van der Waals surface area (Å²) < 4.78 is 0. The molecule has 5 nitrogen and oxygen atoms in total. The van der Waals surface area contributed by atoms with Gasteiger partial charge in [0.15, 0.2) is 0 Å². The number of aromatic amines is 1. The highest BCUT2D eigenvalue weighted by Crippen LogP contribution is 2.26.